The fourth-order valence-corrected chi connectivity index (χ4v) is 1.08. The molecule has 0 aromatic heterocycles. The van der Waals surface area contributed by atoms with Gasteiger partial charge in [0.25, 0.3) is 0 Å². The van der Waals surface area contributed by atoms with E-state index in [4.69, 9.17) is 0 Å². The van der Waals surface area contributed by atoms with Crippen molar-refractivity contribution in [2.45, 2.75) is 26.1 Å². The van der Waals surface area contributed by atoms with Gasteiger partial charge in [-0.05, 0) is 23.6 Å². The predicted octanol–water partition coefficient (Wildman–Crippen LogP) is 3.85. The van der Waals surface area contributed by atoms with Crippen LogP contribution in [0.25, 0.3) is 0 Å². The summed E-state index contributed by atoms with van der Waals surface area (Å²) in [6.45, 7) is 3.59. The lowest BCUT2D eigenvalue weighted by atomic mass is 10.0. The maximum Gasteiger partial charge on any atom is 0.573 e. The smallest absolute Gasteiger partial charge is 0.403 e. The standard InChI is InChI=1S/C10H10F4O/c1-6(2)7-3-4-8(11)9(5-7)15-10(12,13)14/h3-6H,1-2H3. The molecular weight excluding hydrogens is 212 g/mol. The van der Waals surface area contributed by atoms with Crippen molar-refractivity contribution < 1.29 is 22.3 Å². The maximum absolute atomic E-state index is 12.9. The van der Waals surface area contributed by atoms with Gasteiger partial charge in [0, 0.05) is 0 Å². The van der Waals surface area contributed by atoms with Crippen LogP contribution in [0.1, 0.15) is 25.3 Å². The predicted molar refractivity (Wildman–Crippen MR) is 47.2 cm³/mol. The van der Waals surface area contributed by atoms with Crippen molar-refractivity contribution in [2.24, 2.45) is 0 Å². The lowest BCUT2D eigenvalue weighted by Crippen LogP contribution is -2.18. The van der Waals surface area contributed by atoms with Gasteiger partial charge in [-0.25, -0.2) is 4.39 Å². The van der Waals surface area contributed by atoms with Crippen LogP contribution in [0, 0.1) is 5.82 Å². The average Bonchev–Trinajstić information content (AvgIpc) is 2.06. The van der Waals surface area contributed by atoms with Crippen LogP contribution >= 0.6 is 0 Å². The minimum Gasteiger partial charge on any atom is -0.403 e. The lowest BCUT2D eigenvalue weighted by molar-refractivity contribution is -0.275. The quantitative estimate of drug-likeness (QED) is 0.690. The fraction of sp³-hybridized carbons (Fsp3) is 0.400. The molecule has 0 heterocycles. The Kier molecular flexibility index (Phi) is 3.21. The van der Waals surface area contributed by atoms with Crippen LogP contribution in [-0.4, -0.2) is 6.36 Å². The van der Waals surface area contributed by atoms with E-state index in [1.54, 1.807) is 13.8 Å². The van der Waals surface area contributed by atoms with Gasteiger partial charge in [0.15, 0.2) is 11.6 Å². The Morgan fingerprint density at radius 3 is 2.27 bits per heavy atom. The number of hydrogen-bond acceptors (Lipinski definition) is 1. The first-order chi connectivity index (χ1) is 6.79. The molecule has 1 rings (SSSR count). The molecule has 0 unspecified atom stereocenters. The van der Waals surface area contributed by atoms with E-state index in [-0.39, 0.29) is 5.92 Å². The first-order valence-electron chi connectivity index (χ1n) is 4.35. The average molecular weight is 222 g/mol. The van der Waals surface area contributed by atoms with Gasteiger partial charge in [-0.1, -0.05) is 19.9 Å². The number of benzene rings is 1. The summed E-state index contributed by atoms with van der Waals surface area (Å²) in [4.78, 5) is 0. The molecule has 0 N–H and O–H groups in total. The van der Waals surface area contributed by atoms with E-state index in [9.17, 15) is 17.6 Å². The van der Waals surface area contributed by atoms with E-state index in [1.807, 2.05) is 0 Å². The largest absolute Gasteiger partial charge is 0.573 e. The van der Waals surface area contributed by atoms with Crippen LogP contribution in [0.3, 0.4) is 0 Å². The van der Waals surface area contributed by atoms with E-state index in [1.165, 1.54) is 6.07 Å². The molecular formula is C10H10F4O. The number of rotatable bonds is 2. The molecule has 1 aromatic rings. The monoisotopic (exact) mass is 222 g/mol. The van der Waals surface area contributed by atoms with Crippen molar-refractivity contribution in [3.8, 4) is 5.75 Å². The van der Waals surface area contributed by atoms with Crippen molar-refractivity contribution in [1.82, 2.24) is 0 Å². The molecule has 0 saturated carbocycles. The Hall–Kier alpha value is -1.26. The van der Waals surface area contributed by atoms with Crippen molar-refractivity contribution in [1.29, 1.82) is 0 Å². The Morgan fingerprint density at radius 1 is 1.20 bits per heavy atom. The van der Waals surface area contributed by atoms with Gasteiger partial charge in [0.1, 0.15) is 0 Å². The minimum atomic E-state index is -4.86. The van der Waals surface area contributed by atoms with Crippen LogP contribution in [-0.2, 0) is 0 Å². The summed E-state index contributed by atoms with van der Waals surface area (Å²) >= 11 is 0. The Balaban J connectivity index is 3.01. The zero-order valence-electron chi connectivity index (χ0n) is 8.23. The van der Waals surface area contributed by atoms with Crippen LogP contribution in [0.2, 0.25) is 0 Å². The second-order valence-electron chi connectivity index (χ2n) is 3.39. The highest BCUT2D eigenvalue weighted by Crippen LogP contribution is 2.28. The molecule has 0 amide bonds. The van der Waals surface area contributed by atoms with Crippen molar-refractivity contribution in [2.75, 3.05) is 0 Å². The third-order valence-electron chi connectivity index (χ3n) is 1.85. The highest BCUT2D eigenvalue weighted by molar-refractivity contribution is 5.32. The topological polar surface area (TPSA) is 9.23 Å². The SMILES string of the molecule is CC(C)c1ccc(F)c(OC(F)(F)F)c1. The molecule has 0 aliphatic carbocycles. The van der Waals surface area contributed by atoms with Crippen LogP contribution in [0.4, 0.5) is 17.6 Å². The van der Waals surface area contributed by atoms with Gasteiger partial charge >= 0.3 is 6.36 Å². The number of ether oxygens (including phenoxy) is 1. The molecule has 1 aromatic carbocycles. The van der Waals surface area contributed by atoms with Crippen LogP contribution in [0.5, 0.6) is 5.75 Å². The molecule has 0 saturated heterocycles. The zero-order chi connectivity index (χ0) is 11.6. The first kappa shape index (κ1) is 11.8. The third-order valence-corrected chi connectivity index (χ3v) is 1.85. The second kappa shape index (κ2) is 4.08. The van der Waals surface area contributed by atoms with Gasteiger partial charge in [-0.15, -0.1) is 13.2 Å². The fourth-order valence-electron chi connectivity index (χ4n) is 1.08. The van der Waals surface area contributed by atoms with E-state index in [2.05, 4.69) is 4.74 Å². The molecule has 1 nitrogen and oxygen atoms in total. The minimum absolute atomic E-state index is 0.0150. The molecule has 5 heteroatoms. The Morgan fingerprint density at radius 2 is 1.80 bits per heavy atom. The summed E-state index contributed by atoms with van der Waals surface area (Å²) < 4.78 is 52.1. The maximum atomic E-state index is 12.9. The molecule has 0 atom stereocenters. The second-order valence-corrected chi connectivity index (χ2v) is 3.39. The van der Waals surface area contributed by atoms with Crippen LogP contribution < -0.4 is 4.74 Å². The van der Waals surface area contributed by atoms with E-state index in [0.717, 1.165) is 12.1 Å². The third kappa shape index (κ3) is 3.42. The molecule has 0 fully saturated rings. The molecule has 0 spiro atoms. The zero-order valence-corrected chi connectivity index (χ0v) is 8.23. The Bertz CT molecular complexity index is 344. The molecule has 15 heavy (non-hydrogen) atoms. The summed E-state index contributed by atoms with van der Waals surface area (Å²) in [5.41, 5.74) is 0.593. The van der Waals surface area contributed by atoms with Gasteiger partial charge in [-0.3, -0.25) is 0 Å². The van der Waals surface area contributed by atoms with E-state index < -0.39 is 17.9 Å². The highest BCUT2D eigenvalue weighted by atomic mass is 19.4. The van der Waals surface area contributed by atoms with Crippen molar-refractivity contribution in [3.05, 3.63) is 29.6 Å². The lowest BCUT2D eigenvalue weighted by Gasteiger charge is -2.12. The highest BCUT2D eigenvalue weighted by Gasteiger charge is 2.32. The Labute approximate surface area is 84.7 Å². The summed E-state index contributed by atoms with van der Waals surface area (Å²) in [6.07, 6.45) is -4.86. The van der Waals surface area contributed by atoms with E-state index in [0.29, 0.717) is 5.56 Å². The summed E-state index contributed by atoms with van der Waals surface area (Å²) in [7, 11) is 0. The van der Waals surface area contributed by atoms with Gasteiger partial charge in [0.05, 0.1) is 0 Å². The molecule has 0 radical (unpaired) electrons. The normalized spacial score (nSPS) is 11.9. The number of halogens is 4. The van der Waals surface area contributed by atoms with Crippen molar-refractivity contribution >= 4 is 0 Å². The van der Waals surface area contributed by atoms with E-state index >= 15 is 0 Å². The van der Waals surface area contributed by atoms with Gasteiger partial charge in [-0.2, -0.15) is 0 Å². The van der Waals surface area contributed by atoms with Crippen LogP contribution in [0.15, 0.2) is 18.2 Å². The van der Waals surface area contributed by atoms with Gasteiger partial charge < -0.3 is 4.74 Å². The molecule has 0 aliphatic heterocycles. The molecule has 84 valence electrons. The summed E-state index contributed by atoms with van der Waals surface area (Å²) in [5.74, 6) is -1.79. The molecule has 0 bridgehead atoms. The van der Waals surface area contributed by atoms with Gasteiger partial charge in [0.2, 0.25) is 0 Å². The molecule has 0 aliphatic rings. The first-order valence-corrected chi connectivity index (χ1v) is 4.35. The number of hydrogen-bond donors (Lipinski definition) is 0. The number of alkyl halides is 3. The summed E-state index contributed by atoms with van der Waals surface area (Å²) in [5, 5.41) is 0. The van der Waals surface area contributed by atoms with Crippen molar-refractivity contribution in [3.63, 3.8) is 0 Å². The summed E-state index contributed by atoms with van der Waals surface area (Å²) in [6, 6.07) is 3.47.